The highest BCUT2D eigenvalue weighted by atomic mass is 19.1. The molecule has 1 atom stereocenters. The van der Waals surface area contributed by atoms with E-state index in [9.17, 15) is 9.18 Å². The molecule has 0 fully saturated rings. The average Bonchev–Trinajstić information content (AvgIpc) is 2.48. The van der Waals surface area contributed by atoms with Crippen LogP contribution < -0.4 is 10.5 Å². The molecule has 0 saturated heterocycles. The van der Waals surface area contributed by atoms with Crippen molar-refractivity contribution in [1.29, 1.82) is 0 Å². The van der Waals surface area contributed by atoms with Gasteiger partial charge in [-0.25, -0.2) is 4.39 Å². The zero-order valence-corrected chi connectivity index (χ0v) is 11.2. The van der Waals surface area contributed by atoms with Gasteiger partial charge in [-0.3, -0.25) is 4.79 Å². The van der Waals surface area contributed by atoms with Crippen molar-refractivity contribution in [3.05, 3.63) is 65.5 Å². The summed E-state index contributed by atoms with van der Waals surface area (Å²) < 4.78 is 18.9. The standard InChI is InChI=1S/C16H16FNO2/c1-20-12-7-8-13(15(17)9-12)16(19)14(10-18)11-5-3-2-4-6-11/h2-9,14H,10,18H2,1H3. The summed E-state index contributed by atoms with van der Waals surface area (Å²) in [4.78, 5) is 12.4. The molecule has 2 rings (SSSR count). The van der Waals surface area contributed by atoms with E-state index in [2.05, 4.69) is 0 Å². The maximum Gasteiger partial charge on any atom is 0.174 e. The molecule has 0 aliphatic rings. The fourth-order valence-electron chi connectivity index (χ4n) is 2.09. The van der Waals surface area contributed by atoms with Crippen LogP contribution in [-0.2, 0) is 0 Å². The SMILES string of the molecule is COc1ccc(C(=O)C(CN)c2ccccc2)c(F)c1. The van der Waals surface area contributed by atoms with E-state index < -0.39 is 11.7 Å². The first-order chi connectivity index (χ1) is 9.67. The van der Waals surface area contributed by atoms with E-state index in [0.29, 0.717) is 5.75 Å². The van der Waals surface area contributed by atoms with Crippen molar-refractivity contribution in [2.75, 3.05) is 13.7 Å². The summed E-state index contributed by atoms with van der Waals surface area (Å²) in [5, 5.41) is 0. The molecule has 2 aromatic carbocycles. The molecule has 0 amide bonds. The van der Waals surface area contributed by atoms with E-state index in [1.54, 1.807) is 6.07 Å². The molecule has 104 valence electrons. The third kappa shape index (κ3) is 2.86. The Morgan fingerprint density at radius 2 is 1.95 bits per heavy atom. The van der Waals surface area contributed by atoms with Crippen LogP contribution in [-0.4, -0.2) is 19.4 Å². The maximum atomic E-state index is 14.0. The highest BCUT2D eigenvalue weighted by Crippen LogP contribution is 2.24. The van der Waals surface area contributed by atoms with Gasteiger partial charge in [-0.05, 0) is 17.7 Å². The van der Waals surface area contributed by atoms with Gasteiger partial charge in [0.05, 0.1) is 18.6 Å². The Morgan fingerprint density at radius 1 is 1.25 bits per heavy atom. The van der Waals surface area contributed by atoms with Gasteiger partial charge in [0, 0.05) is 12.6 Å². The zero-order valence-electron chi connectivity index (χ0n) is 11.2. The molecule has 0 radical (unpaired) electrons. The molecule has 0 heterocycles. The third-order valence-corrected chi connectivity index (χ3v) is 3.20. The van der Waals surface area contributed by atoms with Gasteiger partial charge in [0.25, 0.3) is 0 Å². The van der Waals surface area contributed by atoms with Gasteiger partial charge in [0.15, 0.2) is 5.78 Å². The Morgan fingerprint density at radius 3 is 2.50 bits per heavy atom. The number of carbonyl (C=O) groups excluding carboxylic acids is 1. The Hall–Kier alpha value is -2.20. The van der Waals surface area contributed by atoms with E-state index in [1.165, 1.54) is 19.2 Å². The fourth-order valence-corrected chi connectivity index (χ4v) is 2.09. The molecule has 20 heavy (non-hydrogen) atoms. The largest absolute Gasteiger partial charge is 0.497 e. The Balaban J connectivity index is 2.34. The molecule has 2 aromatic rings. The maximum absolute atomic E-state index is 14.0. The summed E-state index contributed by atoms with van der Waals surface area (Å²) in [6, 6.07) is 13.3. The van der Waals surface area contributed by atoms with Crippen LogP contribution in [0.2, 0.25) is 0 Å². The van der Waals surface area contributed by atoms with Gasteiger partial charge in [0.1, 0.15) is 11.6 Å². The Kier molecular flexibility index (Phi) is 4.48. The average molecular weight is 273 g/mol. The minimum atomic E-state index is -0.594. The first-order valence-electron chi connectivity index (χ1n) is 6.30. The van der Waals surface area contributed by atoms with E-state index >= 15 is 0 Å². The topological polar surface area (TPSA) is 52.3 Å². The number of ether oxygens (including phenoxy) is 1. The molecule has 4 heteroatoms. The second kappa shape index (κ2) is 6.30. The lowest BCUT2D eigenvalue weighted by atomic mass is 9.90. The number of Topliss-reactive ketones (excluding diaryl/α,β-unsaturated/α-hetero) is 1. The Bertz CT molecular complexity index is 599. The molecule has 0 aliphatic carbocycles. The summed E-state index contributed by atoms with van der Waals surface area (Å²) in [5.41, 5.74) is 6.50. The lowest BCUT2D eigenvalue weighted by Gasteiger charge is -2.15. The number of benzene rings is 2. The lowest BCUT2D eigenvalue weighted by Crippen LogP contribution is -2.22. The molecule has 0 aliphatic heterocycles. The number of halogens is 1. The van der Waals surface area contributed by atoms with E-state index in [-0.39, 0.29) is 17.9 Å². The second-order valence-corrected chi connectivity index (χ2v) is 4.41. The predicted octanol–water partition coefficient (Wildman–Crippen LogP) is 2.76. The van der Waals surface area contributed by atoms with Crippen molar-refractivity contribution in [2.24, 2.45) is 5.73 Å². The van der Waals surface area contributed by atoms with Crippen molar-refractivity contribution >= 4 is 5.78 Å². The van der Waals surface area contributed by atoms with Crippen molar-refractivity contribution in [2.45, 2.75) is 5.92 Å². The van der Waals surface area contributed by atoms with Gasteiger partial charge in [-0.2, -0.15) is 0 Å². The van der Waals surface area contributed by atoms with Crippen LogP contribution in [0.15, 0.2) is 48.5 Å². The molecule has 0 saturated carbocycles. The van der Waals surface area contributed by atoms with Crippen LogP contribution in [0.5, 0.6) is 5.75 Å². The van der Waals surface area contributed by atoms with E-state index in [1.807, 2.05) is 30.3 Å². The second-order valence-electron chi connectivity index (χ2n) is 4.41. The molecule has 3 nitrogen and oxygen atoms in total. The van der Waals surface area contributed by atoms with Crippen molar-refractivity contribution < 1.29 is 13.9 Å². The minimum Gasteiger partial charge on any atom is -0.497 e. The lowest BCUT2D eigenvalue weighted by molar-refractivity contribution is 0.0958. The van der Waals surface area contributed by atoms with Crippen LogP contribution >= 0.6 is 0 Å². The van der Waals surface area contributed by atoms with Gasteiger partial charge in [0.2, 0.25) is 0 Å². The minimum absolute atomic E-state index is 0.0325. The summed E-state index contributed by atoms with van der Waals surface area (Å²) in [6.45, 7) is 0.133. The highest BCUT2D eigenvalue weighted by molar-refractivity contribution is 6.01. The smallest absolute Gasteiger partial charge is 0.174 e. The molecular formula is C16H16FNO2. The first kappa shape index (κ1) is 14.2. The van der Waals surface area contributed by atoms with Gasteiger partial charge < -0.3 is 10.5 Å². The number of methoxy groups -OCH3 is 1. The molecular weight excluding hydrogens is 257 g/mol. The van der Waals surface area contributed by atoms with Gasteiger partial charge >= 0.3 is 0 Å². The zero-order chi connectivity index (χ0) is 14.5. The van der Waals surface area contributed by atoms with Crippen LogP contribution in [0.3, 0.4) is 0 Å². The molecule has 0 spiro atoms. The fraction of sp³-hybridized carbons (Fsp3) is 0.188. The summed E-state index contributed by atoms with van der Waals surface area (Å²) in [6.07, 6.45) is 0. The number of hydrogen-bond donors (Lipinski definition) is 1. The molecule has 1 unspecified atom stereocenters. The number of hydrogen-bond acceptors (Lipinski definition) is 3. The number of rotatable bonds is 5. The van der Waals surface area contributed by atoms with Crippen LogP contribution in [0.1, 0.15) is 21.8 Å². The normalized spacial score (nSPS) is 11.9. The summed E-state index contributed by atoms with van der Waals surface area (Å²) in [7, 11) is 1.45. The number of nitrogens with two attached hydrogens (primary N) is 1. The van der Waals surface area contributed by atoms with Gasteiger partial charge in [-0.1, -0.05) is 30.3 Å². The monoisotopic (exact) mass is 273 g/mol. The van der Waals surface area contributed by atoms with E-state index in [0.717, 1.165) is 5.56 Å². The van der Waals surface area contributed by atoms with Crippen molar-refractivity contribution in [1.82, 2.24) is 0 Å². The predicted molar refractivity (Wildman–Crippen MR) is 75.5 cm³/mol. The third-order valence-electron chi connectivity index (χ3n) is 3.20. The highest BCUT2D eigenvalue weighted by Gasteiger charge is 2.23. The molecule has 0 aromatic heterocycles. The quantitative estimate of drug-likeness (QED) is 0.852. The molecule has 2 N–H and O–H groups in total. The van der Waals surface area contributed by atoms with Crippen LogP contribution in [0, 0.1) is 5.82 Å². The van der Waals surface area contributed by atoms with Gasteiger partial charge in [-0.15, -0.1) is 0 Å². The van der Waals surface area contributed by atoms with Crippen LogP contribution in [0.25, 0.3) is 0 Å². The van der Waals surface area contributed by atoms with Crippen LogP contribution in [0.4, 0.5) is 4.39 Å². The Labute approximate surface area is 117 Å². The first-order valence-corrected chi connectivity index (χ1v) is 6.30. The van der Waals surface area contributed by atoms with Crippen molar-refractivity contribution in [3.63, 3.8) is 0 Å². The molecule has 0 bridgehead atoms. The van der Waals surface area contributed by atoms with Crippen molar-refractivity contribution in [3.8, 4) is 5.75 Å². The summed E-state index contributed by atoms with van der Waals surface area (Å²) >= 11 is 0. The van der Waals surface area contributed by atoms with E-state index in [4.69, 9.17) is 10.5 Å². The number of ketones is 1. The number of carbonyl (C=O) groups is 1. The summed E-state index contributed by atoms with van der Waals surface area (Å²) in [5.74, 6) is -1.08.